The number of aromatic amines is 1. The van der Waals surface area contributed by atoms with E-state index >= 15 is 0 Å². The van der Waals surface area contributed by atoms with Gasteiger partial charge in [-0.05, 0) is 31.7 Å². The van der Waals surface area contributed by atoms with Gasteiger partial charge in [0.05, 0.1) is 17.8 Å². The molecule has 8 nitrogen and oxygen atoms in total. The Hall–Kier alpha value is -2.61. The van der Waals surface area contributed by atoms with Gasteiger partial charge < -0.3 is 26.7 Å². The molecule has 2 aromatic rings. The number of carbonyl (C=O) groups is 2. The van der Waals surface area contributed by atoms with Gasteiger partial charge in [-0.15, -0.1) is 0 Å². The second-order valence-electron chi connectivity index (χ2n) is 6.85. The summed E-state index contributed by atoms with van der Waals surface area (Å²) in [6, 6.07) is 2.50. The molecule has 2 fully saturated rings. The first-order valence-electron chi connectivity index (χ1n) is 8.62. The maximum Gasteiger partial charge on any atom is 0.252 e. The van der Waals surface area contributed by atoms with Gasteiger partial charge in [-0.3, -0.25) is 9.59 Å². The number of hydrogen-bond acceptors (Lipinski definition) is 5. The maximum absolute atomic E-state index is 12.1. The van der Waals surface area contributed by atoms with Crippen molar-refractivity contribution >= 4 is 28.5 Å². The first kappa shape index (κ1) is 15.9. The van der Waals surface area contributed by atoms with Crippen LogP contribution >= 0.6 is 0 Å². The van der Waals surface area contributed by atoms with Crippen LogP contribution in [0.1, 0.15) is 36.0 Å². The molecule has 2 bridgehead atoms. The Morgan fingerprint density at radius 2 is 2.04 bits per heavy atom. The molecule has 25 heavy (non-hydrogen) atoms. The molecule has 6 N–H and O–H groups in total. The standard InChI is InChI=1S/C17H22N6O2/c18-7-14(24)23-10-1-2-11(23)6-9(5-10)22-15-12-3-4-20-17(12)21-8-13(15)16(19)25/h3-4,8-11H,1-2,5-7,18H2,(H2,19,25)(H2,20,21,22)/t9?,10-,11+. The first-order chi connectivity index (χ1) is 12.1. The minimum Gasteiger partial charge on any atom is -0.381 e. The van der Waals surface area contributed by atoms with E-state index in [2.05, 4.69) is 15.3 Å². The summed E-state index contributed by atoms with van der Waals surface area (Å²) in [6.45, 7) is 0.0608. The summed E-state index contributed by atoms with van der Waals surface area (Å²) in [6.07, 6.45) is 6.99. The third-order valence-electron chi connectivity index (χ3n) is 5.40. The van der Waals surface area contributed by atoms with Gasteiger partial charge >= 0.3 is 0 Å². The third kappa shape index (κ3) is 2.62. The molecule has 3 atom stereocenters. The molecule has 132 valence electrons. The van der Waals surface area contributed by atoms with E-state index in [1.54, 1.807) is 6.20 Å². The molecule has 0 aliphatic carbocycles. The molecule has 2 amide bonds. The minimum absolute atomic E-state index is 0.0284. The van der Waals surface area contributed by atoms with Crippen molar-refractivity contribution in [3.63, 3.8) is 0 Å². The molecule has 8 heteroatoms. The first-order valence-corrected chi connectivity index (χ1v) is 8.62. The number of primary amides is 1. The van der Waals surface area contributed by atoms with Crippen molar-refractivity contribution in [1.82, 2.24) is 14.9 Å². The van der Waals surface area contributed by atoms with Crippen LogP contribution < -0.4 is 16.8 Å². The summed E-state index contributed by atoms with van der Waals surface area (Å²) in [5, 5.41) is 4.36. The molecule has 2 saturated heterocycles. The van der Waals surface area contributed by atoms with Gasteiger partial charge in [0.15, 0.2) is 0 Å². The summed E-state index contributed by atoms with van der Waals surface area (Å²) in [5.41, 5.74) is 12.9. The van der Waals surface area contributed by atoms with E-state index in [0.29, 0.717) is 11.2 Å². The van der Waals surface area contributed by atoms with E-state index in [9.17, 15) is 9.59 Å². The highest BCUT2D eigenvalue weighted by molar-refractivity contribution is 6.06. The van der Waals surface area contributed by atoms with E-state index < -0.39 is 5.91 Å². The number of nitrogens with two attached hydrogens (primary N) is 2. The molecule has 0 spiro atoms. The fourth-order valence-electron chi connectivity index (χ4n) is 4.36. The second kappa shape index (κ2) is 6.03. The van der Waals surface area contributed by atoms with Crippen LogP contribution in [-0.2, 0) is 4.79 Å². The number of nitrogens with one attached hydrogen (secondary N) is 2. The second-order valence-corrected chi connectivity index (χ2v) is 6.85. The van der Waals surface area contributed by atoms with E-state index in [-0.39, 0.29) is 30.6 Å². The Labute approximate surface area is 144 Å². The zero-order valence-corrected chi connectivity index (χ0v) is 13.9. The summed E-state index contributed by atoms with van der Waals surface area (Å²) in [4.78, 5) is 33.2. The van der Waals surface area contributed by atoms with Gasteiger partial charge in [0.2, 0.25) is 5.91 Å². The van der Waals surface area contributed by atoms with Crippen LogP contribution in [0.25, 0.3) is 11.0 Å². The quantitative estimate of drug-likeness (QED) is 0.645. The molecular weight excluding hydrogens is 320 g/mol. The van der Waals surface area contributed by atoms with Gasteiger partial charge in [-0.1, -0.05) is 0 Å². The number of hydrogen-bond donors (Lipinski definition) is 4. The molecule has 0 saturated carbocycles. The molecule has 1 unspecified atom stereocenters. The van der Waals surface area contributed by atoms with Gasteiger partial charge in [0.25, 0.3) is 5.91 Å². The Morgan fingerprint density at radius 3 is 2.68 bits per heavy atom. The lowest BCUT2D eigenvalue weighted by Gasteiger charge is -2.39. The number of pyridine rings is 1. The van der Waals surface area contributed by atoms with E-state index in [0.717, 1.165) is 36.8 Å². The Morgan fingerprint density at radius 1 is 1.32 bits per heavy atom. The molecule has 2 aromatic heterocycles. The molecule has 2 aliphatic rings. The maximum atomic E-state index is 12.1. The zero-order valence-electron chi connectivity index (χ0n) is 13.9. The van der Waals surface area contributed by atoms with Gasteiger partial charge in [0, 0.05) is 35.9 Å². The number of rotatable bonds is 4. The lowest BCUT2D eigenvalue weighted by atomic mass is 9.96. The van der Waals surface area contributed by atoms with Crippen molar-refractivity contribution in [2.45, 2.75) is 43.8 Å². The van der Waals surface area contributed by atoms with Crippen LogP contribution in [0.15, 0.2) is 18.5 Å². The molecule has 0 radical (unpaired) electrons. The van der Waals surface area contributed by atoms with E-state index in [1.807, 2.05) is 11.0 Å². The van der Waals surface area contributed by atoms with Crippen LogP contribution in [0.3, 0.4) is 0 Å². The monoisotopic (exact) mass is 342 g/mol. The van der Waals surface area contributed by atoms with Gasteiger partial charge in [-0.25, -0.2) is 4.98 Å². The SMILES string of the molecule is NCC(=O)N1[C@@H]2CC[C@H]1CC(Nc1c(C(N)=O)cnc3[nH]ccc13)C2. The largest absolute Gasteiger partial charge is 0.381 e. The Bertz CT molecular complexity index is 818. The highest BCUT2D eigenvalue weighted by Gasteiger charge is 2.42. The van der Waals surface area contributed by atoms with Crippen LogP contribution in [0.5, 0.6) is 0 Å². The number of aromatic nitrogens is 2. The number of piperidine rings is 1. The van der Waals surface area contributed by atoms with Crippen molar-refractivity contribution in [3.8, 4) is 0 Å². The van der Waals surface area contributed by atoms with Crippen LogP contribution in [0.2, 0.25) is 0 Å². The van der Waals surface area contributed by atoms with E-state index in [1.165, 1.54) is 6.20 Å². The van der Waals surface area contributed by atoms with Gasteiger partial charge in [-0.2, -0.15) is 0 Å². The van der Waals surface area contributed by atoms with Crippen LogP contribution in [-0.4, -0.2) is 51.4 Å². The van der Waals surface area contributed by atoms with Crippen molar-refractivity contribution < 1.29 is 9.59 Å². The molecule has 0 aromatic carbocycles. The molecular formula is C17H22N6O2. The van der Waals surface area contributed by atoms with Crippen molar-refractivity contribution in [1.29, 1.82) is 0 Å². The van der Waals surface area contributed by atoms with Crippen molar-refractivity contribution in [2.75, 3.05) is 11.9 Å². The Balaban J connectivity index is 1.61. The summed E-state index contributed by atoms with van der Waals surface area (Å²) < 4.78 is 0. The number of H-pyrrole nitrogens is 1. The predicted octanol–water partition coefficient (Wildman–Crippen LogP) is 0.554. The number of anilines is 1. The summed E-state index contributed by atoms with van der Waals surface area (Å²) >= 11 is 0. The number of fused-ring (bicyclic) bond motifs is 3. The summed E-state index contributed by atoms with van der Waals surface area (Å²) in [5.74, 6) is -0.475. The molecule has 4 rings (SSSR count). The lowest BCUT2D eigenvalue weighted by Crippen LogP contribution is -2.51. The van der Waals surface area contributed by atoms with Crippen LogP contribution in [0, 0.1) is 0 Å². The zero-order chi connectivity index (χ0) is 17.6. The fourth-order valence-corrected chi connectivity index (χ4v) is 4.36. The van der Waals surface area contributed by atoms with E-state index in [4.69, 9.17) is 11.5 Å². The highest BCUT2D eigenvalue weighted by atomic mass is 16.2. The smallest absolute Gasteiger partial charge is 0.252 e. The average Bonchev–Trinajstić information content (AvgIpc) is 3.17. The third-order valence-corrected chi connectivity index (χ3v) is 5.40. The lowest BCUT2D eigenvalue weighted by molar-refractivity contribution is -0.134. The molecule has 4 heterocycles. The van der Waals surface area contributed by atoms with Crippen LogP contribution in [0.4, 0.5) is 5.69 Å². The minimum atomic E-state index is -0.503. The molecule has 2 aliphatic heterocycles. The Kier molecular flexibility index (Phi) is 3.84. The highest BCUT2D eigenvalue weighted by Crippen LogP contribution is 2.38. The van der Waals surface area contributed by atoms with Gasteiger partial charge in [0.1, 0.15) is 5.65 Å². The average molecular weight is 342 g/mol. The number of nitrogens with zero attached hydrogens (tertiary/aromatic N) is 2. The number of carbonyl (C=O) groups excluding carboxylic acids is 2. The van der Waals surface area contributed by atoms with Crippen molar-refractivity contribution in [3.05, 3.63) is 24.0 Å². The predicted molar refractivity (Wildman–Crippen MR) is 94.0 cm³/mol. The normalized spacial score (nSPS) is 25.3. The summed E-state index contributed by atoms with van der Waals surface area (Å²) in [7, 11) is 0. The topological polar surface area (TPSA) is 130 Å². The van der Waals surface area contributed by atoms with Crippen molar-refractivity contribution in [2.24, 2.45) is 11.5 Å². The fraction of sp³-hybridized carbons (Fsp3) is 0.471. The number of amides is 2.